The number of nitrogens with two attached hydrogens (primary N) is 4. The molecule has 0 spiro atoms. The molecule has 9 N–H and O–H groups in total. The summed E-state index contributed by atoms with van der Waals surface area (Å²) in [4.78, 5) is 11.7. The molecular weight excluding hydrogens is 443 g/mol. The Morgan fingerprint density at radius 2 is 1.36 bits per heavy atom. The van der Waals surface area contributed by atoms with Gasteiger partial charge in [0.1, 0.15) is 0 Å². The van der Waals surface area contributed by atoms with Crippen molar-refractivity contribution in [3.8, 4) is 0 Å². The quantitative estimate of drug-likeness (QED) is 0.231. The van der Waals surface area contributed by atoms with Crippen molar-refractivity contribution in [2.24, 2.45) is 11.5 Å². The number of thiol groups is 2. The summed E-state index contributed by atoms with van der Waals surface area (Å²) >= 11 is 0. The number of anilines is 4. The Morgan fingerprint density at radius 1 is 0.880 bits per heavy atom. The van der Waals surface area contributed by atoms with Crippen molar-refractivity contribution in [3.63, 3.8) is 0 Å². The maximum atomic E-state index is 5.78. The van der Waals surface area contributed by atoms with Crippen molar-refractivity contribution in [2.45, 2.75) is 10.4 Å². The fourth-order valence-electron chi connectivity index (χ4n) is 2.40. The van der Waals surface area contributed by atoms with E-state index in [4.69, 9.17) is 44.7 Å². The predicted molar refractivity (Wildman–Crippen MR) is 117 cm³/mol. The van der Waals surface area contributed by atoms with Crippen LogP contribution in [0.3, 0.4) is 0 Å². The van der Waals surface area contributed by atoms with E-state index in [9.17, 15) is 0 Å². The molecule has 0 unspecified atom stereocenters. The molecule has 2 rings (SSSR count). The zero-order valence-electron chi connectivity index (χ0n) is 13.5. The van der Waals surface area contributed by atoms with Gasteiger partial charge < -0.3 is 0 Å². The van der Waals surface area contributed by atoms with E-state index in [1.54, 1.807) is 0 Å². The number of hydrogen-bond acceptors (Lipinski definition) is 10. The minimum absolute atomic E-state index is 0. The van der Waals surface area contributed by atoms with Gasteiger partial charge in [0.05, 0.1) is 0 Å². The Hall–Kier alpha value is -0.902. The zero-order chi connectivity index (χ0) is 17.8. The molecule has 1 aromatic carbocycles. The SMILES string of the molecule is Cl.NCC[As](S)(S)(CCN)c1ccc(Nc2nc(N)nc(N)n2)cc1. The zero-order valence-corrected chi connectivity index (χ0v) is 18.0. The van der Waals surface area contributed by atoms with E-state index in [-0.39, 0.29) is 30.3 Å². The van der Waals surface area contributed by atoms with Crippen molar-refractivity contribution in [1.29, 1.82) is 0 Å². The van der Waals surface area contributed by atoms with Gasteiger partial charge in [-0.2, -0.15) is 0 Å². The number of nitrogen functional groups attached to an aromatic ring is 2. The van der Waals surface area contributed by atoms with Gasteiger partial charge in [0, 0.05) is 0 Å². The minimum atomic E-state index is -3.32. The van der Waals surface area contributed by atoms with Crippen LogP contribution in [0.25, 0.3) is 0 Å². The van der Waals surface area contributed by atoms with Crippen LogP contribution in [-0.4, -0.2) is 38.2 Å². The maximum absolute atomic E-state index is 5.78. The molecule has 25 heavy (non-hydrogen) atoms. The first-order valence-electron chi connectivity index (χ1n) is 7.31. The van der Waals surface area contributed by atoms with E-state index >= 15 is 0 Å². The molecule has 0 fully saturated rings. The second kappa shape index (κ2) is 8.66. The average Bonchev–Trinajstić information content (AvgIpc) is 2.47. The monoisotopic (exact) mass is 466 g/mol. The molecule has 1 heterocycles. The number of rotatable bonds is 7. The molecule has 0 aliphatic carbocycles. The van der Waals surface area contributed by atoms with E-state index < -0.39 is 10.1 Å². The number of benzene rings is 1. The Bertz CT molecular complexity index is 685. The number of nitrogens with one attached hydrogen (secondary N) is 1. The number of nitrogens with zero attached hydrogens (tertiary/aromatic N) is 3. The van der Waals surface area contributed by atoms with Gasteiger partial charge in [0.2, 0.25) is 0 Å². The number of halogens is 1. The molecule has 12 heteroatoms. The molecule has 0 bridgehead atoms. The molecule has 8 nitrogen and oxygen atoms in total. The molecule has 0 saturated heterocycles. The summed E-state index contributed by atoms with van der Waals surface area (Å²) in [5.74, 6) is 0.409. The van der Waals surface area contributed by atoms with Gasteiger partial charge >= 0.3 is 151 Å². The summed E-state index contributed by atoms with van der Waals surface area (Å²) in [6.45, 7) is 1.06. The molecule has 1 aromatic heterocycles. The van der Waals surface area contributed by atoms with Crippen LogP contribution in [0.2, 0.25) is 10.4 Å². The first kappa shape index (κ1) is 22.1. The Morgan fingerprint density at radius 3 is 1.80 bits per heavy atom. The van der Waals surface area contributed by atoms with E-state index in [0.717, 1.165) is 20.5 Å². The Balaban J connectivity index is 0.00000312. The average molecular weight is 467 g/mol. The van der Waals surface area contributed by atoms with Gasteiger partial charge in [-0.25, -0.2) is 0 Å². The fourth-order valence-corrected chi connectivity index (χ4v) is 11.8. The van der Waals surface area contributed by atoms with Gasteiger partial charge in [-0.3, -0.25) is 0 Å². The molecule has 0 amide bonds. The van der Waals surface area contributed by atoms with Crippen molar-refractivity contribution < 1.29 is 0 Å². The Kier molecular flexibility index (Phi) is 7.67. The predicted octanol–water partition coefficient (Wildman–Crippen LogP) is 0.582. The van der Waals surface area contributed by atoms with Crippen LogP contribution in [-0.2, 0) is 0 Å². The van der Waals surface area contributed by atoms with Gasteiger partial charge in [-0.15, -0.1) is 12.4 Å². The summed E-state index contributed by atoms with van der Waals surface area (Å²) in [5.41, 5.74) is 23.5. The molecule has 0 aliphatic rings. The van der Waals surface area contributed by atoms with Crippen LogP contribution in [0.15, 0.2) is 24.3 Å². The third-order valence-electron chi connectivity index (χ3n) is 3.59. The van der Waals surface area contributed by atoms with E-state index in [1.807, 2.05) is 24.3 Å². The Labute approximate surface area is 162 Å². The molecule has 0 saturated carbocycles. The van der Waals surface area contributed by atoms with Crippen molar-refractivity contribution >= 4 is 72.2 Å². The normalized spacial score (nSPS) is 12.7. The fraction of sp³-hybridized carbons (Fsp3) is 0.308. The van der Waals surface area contributed by atoms with Crippen LogP contribution in [0.4, 0.5) is 23.5 Å². The molecule has 2 aromatic rings. The van der Waals surface area contributed by atoms with Gasteiger partial charge in [-0.1, -0.05) is 0 Å². The number of hydrogen-bond donors (Lipinski definition) is 7. The van der Waals surface area contributed by atoms with Crippen LogP contribution in [0, 0.1) is 0 Å². The van der Waals surface area contributed by atoms with Crippen molar-refractivity contribution in [2.75, 3.05) is 29.9 Å². The van der Waals surface area contributed by atoms with Crippen LogP contribution < -0.4 is 32.6 Å². The number of aromatic nitrogens is 3. The van der Waals surface area contributed by atoms with E-state index in [1.165, 1.54) is 0 Å². The van der Waals surface area contributed by atoms with E-state index in [0.29, 0.717) is 13.1 Å². The standard InChI is InChI=1S/C13H23AsN8S2.ClH/c15-7-5-14(23,24,6-8-16)9-1-3-10(4-2-9)19-13-21-11(17)20-12(18)22-13;/h1-4,23-24H,5-8,15-16H2,(H5,17,18,19,20,21,22);1H. The third kappa shape index (κ3) is 5.54. The second-order valence-electron chi connectivity index (χ2n) is 5.47. The van der Waals surface area contributed by atoms with Crippen molar-refractivity contribution in [3.05, 3.63) is 24.3 Å². The van der Waals surface area contributed by atoms with Crippen molar-refractivity contribution in [1.82, 2.24) is 15.0 Å². The summed E-state index contributed by atoms with van der Waals surface area (Å²) in [6.07, 6.45) is 0. The van der Waals surface area contributed by atoms with E-state index in [2.05, 4.69) is 20.3 Å². The molecule has 0 aliphatic heterocycles. The van der Waals surface area contributed by atoms with Crippen LogP contribution in [0.5, 0.6) is 0 Å². The summed E-state index contributed by atoms with van der Waals surface area (Å²) in [7, 11) is 6.65. The molecule has 140 valence electrons. The topological polar surface area (TPSA) is 155 Å². The molecule has 0 atom stereocenters. The molecule has 0 radical (unpaired) electrons. The first-order valence-corrected chi connectivity index (χ1v) is 16.7. The summed E-state index contributed by atoms with van der Waals surface area (Å²) < 4.78 is 1.09. The first-order chi connectivity index (χ1) is 11.3. The van der Waals surface area contributed by atoms with Gasteiger partial charge in [0.25, 0.3) is 0 Å². The molecular formula is C13H24AsClN8S2. The summed E-state index contributed by atoms with van der Waals surface area (Å²) in [6, 6.07) is 7.80. The summed E-state index contributed by atoms with van der Waals surface area (Å²) in [5, 5.41) is 4.56. The second-order valence-corrected chi connectivity index (χ2v) is 26.0. The third-order valence-corrected chi connectivity index (χ3v) is 18.3. The van der Waals surface area contributed by atoms with Gasteiger partial charge in [-0.05, 0) is 0 Å². The van der Waals surface area contributed by atoms with Crippen LogP contribution in [0.1, 0.15) is 0 Å². The van der Waals surface area contributed by atoms with Crippen LogP contribution >= 0.6 is 34.2 Å². The van der Waals surface area contributed by atoms with Gasteiger partial charge in [0.15, 0.2) is 0 Å².